The van der Waals surface area contributed by atoms with E-state index in [1.54, 1.807) is 14.2 Å². The molecule has 7 nitrogen and oxygen atoms in total. The molecule has 0 amide bonds. The Morgan fingerprint density at radius 3 is 2.74 bits per heavy atom. The molecule has 1 aromatic heterocycles. The van der Waals surface area contributed by atoms with Crippen molar-refractivity contribution in [1.82, 2.24) is 9.78 Å². The van der Waals surface area contributed by atoms with Crippen LogP contribution in [0.1, 0.15) is 62.1 Å². The van der Waals surface area contributed by atoms with Gasteiger partial charge in [-0.1, -0.05) is 18.2 Å². The van der Waals surface area contributed by atoms with Gasteiger partial charge in [0.05, 0.1) is 32.1 Å². The normalized spacial score (nSPS) is 21.7. The summed E-state index contributed by atoms with van der Waals surface area (Å²) < 4.78 is 25.4. The van der Waals surface area contributed by atoms with E-state index in [0.717, 1.165) is 63.5 Å². The number of anilines is 1. The number of methoxy groups -OCH3 is 2. The van der Waals surface area contributed by atoms with Crippen LogP contribution in [0.2, 0.25) is 0 Å². The van der Waals surface area contributed by atoms with Crippen molar-refractivity contribution in [3.8, 4) is 11.5 Å². The van der Waals surface area contributed by atoms with E-state index >= 15 is 0 Å². The quantitative estimate of drug-likeness (QED) is 0.257. The number of rotatable bonds is 12. The molecule has 0 bridgehead atoms. The maximum atomic E-state index is 6.71. The third kappa shape index (κ3) is 6.95. The summed E-state index contributed by atoms with van der Waals surface area (Å²) in [5.74, 6) is 2.84. The minimum atomic E-state index is 0.180. The number of hydrogen-bond acceptors (Lipinski definition) is 6. The Kier molecular flexibility index (Phi) is 9.43. The SMILES string of the molecule is COCCCN1CCOc2ccc(CO[C@H]3CC[C@@H](C[C@H](C)n4cccn4)C[C@@H]3c3ccc(OC)cc3)cc21. The average Bonchev–Trinajstić information content (AvgIpc) is 3.52. The molecule has 1 aliphatic heterocycles. The van der Waals surface area contributed by atoms with Crippen molar-refractivity contribution in [3.63, 3.8) is 0 Å². The Labute approximate surface area is 233 Å². The van der Waals surface area contributed by atoms with Gasteiger partial charge in [-0.05, 0) is 86.4 Å². The average molecular weight is 534 g/mol. The summed E-state index contributed by atoms with van der Waals surface area (Å²) in [5.41, 5.74) is 3.70. The Morgan fingerprint density at radius 1 is 1.10 bits per heavy atom. The van der Waals surface area contributed by atoms with Crippen LogP contribution in [-0.4, -0.2) is 56.4 Å². The molecular formula is C32H43N3O4. The first kappa shape index (κ1) is 27.5. The first-order chi connectivity index (χ1) is 19.1. The number of hydrogen-bond donors (Lipinski definition) is 0. The van der Waals surface area contributed by atoms with Crippen molar-refractivity contribution >= 4 is 5.69 Å². The Morgan fingerprint density at radius 2 is 1.97 bits per heavy atom. The summed E-state index contributed by atoms with van der Waals surface area (Å²) in [4.78, 5) is 2.41. The van der Waals surface area contributed by atoms with Crippen molar-refractivity contribution in [3.05, 3.63) is 72.1 Å². The third-order valence-electron chi connectivity index (χ3n) is 8.31. The highest BCUT2D eigenvalue weighted by atomic mass is 16.5. The molecule has 0 radical (unpaired) electrons. The lowest BCUT2D eigenvalue weighted by Gasteiger charge is -2.37. The standard InChI is InChI=1S/C32H43N3O4/c1-24(35-16-4-14-33-35)20-25-6-12-31(29(21-25)27-8-10-28(37-3)11-9-27)39-23-26-7-13-32-30(22-26)34(17-19-38-32)15-5-18-36-2/h4,7-11,13-14,16,22,24-25,29,31H,5-6,12,15,17-21,23H2,1-3H3/t24-,25-,29+,31-/m0/s1. The first-order valence-corrected chi connectivity index (χ1v) is 14.4. The molecule has 4 atom stereocenters. The number of nitrogens with zero attached hydrogens (tertiary/aromatic N) is 3. The molecule has 39 heavy (non-hydrogen) atoms. The molecule has 7 heteroatoms. The van der Waals surface area contributed by atoms with Gasteiger partial charge in [-0.3, -0.25) is 4.68 Å². The molecule has 210 valence electrons. The monoisotopic (exact) mass is 533 g/mol. The molecule has 0 unspecified atom stereocenters. The maximum Gasteiger partial charge on any atom is 0.142 e. The van der Waals surface area contributed by atoms with Gasteiger partial charge in [0.1, 0.15) is 18.1 Å². The highest BCUT2D eigenvalue weighted by Gasteiger charge is 2.33. The van der Waals surface area contributed by atoms with Crippen molar-refractivity contribution in [2.24, 2.45) is 5.92 Å². The molecule has 0 N–H and O–H groups in total. The van der Waals surface area contributed by atoms with E-state index in [4.69, 9.17) is 18.9 Å². The van der Waals surface area contributed by atoms with Crippen LogP contribution in [0.15, 0.2) is 60.9 Å². The number of fused-ring (bicyclic) bond motifs is 1. The summed E-state index contributed by atoms with van der Waals surface area (Å²) in [6.45, 7) is 6.24. The van der Waals surface area contributed by atoms with Gasteiger partial charge in [-0.25, -0.2) is 0 Å². The minimum Gasteiger partial charge on any atom is -0.497 e. The lowest BCUT2D eigenvalue weighted by Crippen LogP contribution is -2.34. The van der Waals surface area contributed by atoms with E-state index in [1.165, 1.54) is 23.2 Å². The van der Waals surface area contributed by atoms with Crippen LogP contribution >= 0.6 is 0 Å². The largest absolute Gasteiger partial charge is 0.497 e. The summed E-state index contributed by atoms with van der Waals surface area (Å²) in [6, 6.07) is 17.5. The summed E-state index contributed by atoms with van der Waals surface area (Å²) >= 11 is 0. The summed E-state index contributed by atoms with van der Waals surface area (Å²) in [7, 11) is 3.48. The van der Waals surface area contributed by atoms with Crippen LogP contribution in [0.25, 0.3) is 0 Å². The van der Waals surface area contributed by atoms with Gasteiger partial charge in [-0.2, -0.15) is 5.10 Å². The second-order valence-electron chi connectivity index (χ2n) is 11.0. The fourth-order valence-corrected chi connectivity index (χ4v) is 6.22. The summed E-state index contributed by atoms with van der Waals surface area (Å²) in [5, 5.41) is 4.47. The van der Waals surface area contributed by atoms with Crippen molar-refractivity contribution in [1.29, 1.82) is 0 Å². The Bertz CT molecular complexity index is 1150. The van der Waals surface area contributed by atoms with Crippen LogP contribution in [0, 0.1) is 5.92 Å². The van der Waals surface area contributed by atoms with Crippen molar-refractivity contribution in [2.75, 3.05) is 45.4 Å². The summed E-state index contributed by atoms with van der Waals surface area (Å²) in [6.07, 6.45) is 9.61. The predicted molar refractivity (Wildman–Crippen MR) is 154 cm³/mol. The zero-order valence-electron chi connectivity index (χ0n) is 23.6. The van der Waals surface area contributed by atoms with E-state index < -0.39 is 0 Å². The molecule has 1 saturated carbocycles. The molecule has 1 aliphatic carbocycles. The molecule has 5 rings (SSSR count). The van der Waals surface area contributed by atoms with Gasteiger partial charge in [0, 0.05) is 44.6 Å². The fourth-order valence-electron chi connectivity index (χ4n) is 6.22. The van der Waals surface area contributed by atoms with Gasteiger partial charge in [0.25, 0.3) is 0 Å². The van der Waals surface area contributed by atoms with Crippen molar-refractivity contribution < 1.29 is 18.9 Å². The predicted octanol–water partition coefficient (Wildman–Crippen LogP) is 6.25. The number of ether oxygens (including phenoxy) is 4. The third-order valence-corrected chi connectivity index (χ3v) is 8.31. The van der Waals surface area contributed by atoms with Crippen LogP contribution in [-0.2, 0) is 16.1 Å². The Balaban J connectivity index is 1.27. The van der Waals surface area contributed by atoms with Gasteiger partial charge >= 0.3 is 0 Å². The van der Waals surface area contributed by atoms with E-state index in [2.05, 4.69) is 70.3 Å². The van der Waals surface area contributed by atoms with Crippen molar-refractivity contribution in [2.45, 2.75) is 63.7 Å². The van der Waals surface area contributed by atoms with Crippen LogP contribution in [0.4, 0.5) is 5.69 Å². The van der Waals surface area contributed by atoms with Gasteiger partial charge in [0.15, 0.2) is 0 Å². The van der Waals surface area contributed by atoms with E-state index in [0.29, 0.717) is 24.5 Å². The zero-order chi connectivity index (χ0) is 27.0. The lowest BCUT2D eigenvalue weighted by molar-refractivity contribution is -0.0106. The van der Waals surface area contributed by atoms with Crippen LogP contribution < -0.4 is 14.4 Å². The molecule has 0 spiro atoms. The minimum absolute atomic E-state index is 0.180. The van der Waals surface area contributed by atoms with Gasteiger partial charge < -0.3 is 23.8 Å². The highest BCUT2D eigenvalue weighted by molar-refractivity contribution is 5.61. The van der Waals surface area contributed by atoms with Gasteiger partial charge in [-0.15, -0.1) is 0 Å². The van der Waals surface area contributed by atoms with Crippen LogP contribution in [0.5, 0.6) is 11.5 Å². The molecule has 3 aromatic rings. The topological polar surface area (TPSA) is 58.0 Å². The van der Waals surface area contributed by atoms with Crippen LogP contribution in [0.3, 0.4) is 0 Å². The molecule has 2 aromatic carbocycles. The molecule has 2 heterocycles. The molecule has 1 fully saturated rings. The molecular weight excluding hydrogens is 490 g/mol. The van der Waals surface area contributed by atoms with E-state index in [9.17, 15) is 0 Å². The zero-order valence-corrected chi connectivity index (χ0v) is 23.6. The highest BCUT2D eigenvalue weighted by Crippen LogP contribution is 2.42. The number of aromatic nitrogens is 2. The molecule has 0 saturated heterocycles. The number of benzene rings is 2. The molecule has 2 aliphatic rings. The second-order valence-corrected chi connectivity index (χ2v) is 11.0. The van der Waals surface area contributed by atoms with Gasteiger partial charge in [0.2, 0.25) is 0 Å². The van der Waals surface area contributed by atoms with E-state index in [1.807, 2.05) is 12.3 Å². The second kappa shape index (κ2) is 13.4. The maximum absolute atomic E-state index is 6.71. The lowest BCUT2D eigenvalue weighted by atomic mass is 9.74. The first-order valence-electron chi connectivity index (χ1n) is 14.4. The van der Waals surface area contributed by atoms with E-state index in [-0.39, 0.29) is 6.10 Å². The smallest absolute Gasteiger partial charge is 0.142 e. The fraction of sp³-hybridized carbons (Fsp3) is 0.531. The Hall–Kier alpha value is -3.03.